The molecule has 0 amide bonds. The predicted octanol–water partition coefficient (Wildman–Crippen LogP) is 3.15. The van der Waals surface area contributed by atoms with E-state index >= 15 is 0 Å². The van der Waals surface area contributed by atoms with Crippen molar-refractivity contribution in [3.8, 4) is 5.75 Å². The summed E-state index contributed by atoms with van der Waals surface area (Å²) in [7, 11) is 0. The van der Waals surface area contributed by atoms with Crippen LogP contribution < -0.4 is 5.43 Å². The molecule has 0 radical (unpaired) electrons. The molecule has 1 aromatic rings. The highest BCUT2D eigenvalue weighted by Crippen LogP contribution is 2.28. The monoisotopic (exact) mass is 235 g/mol. The minimum absolute atomic E-state index is 0.0884. The summed E-state index contributed by atoms with van der Waals surface area (Å²) < 4.78 is 2.09. The molecule has 1 aliphatic carbocycles. The first-order chi connectivity index (χ1) is 8.20. The first-order valence-electron chi connectivity index (χ1n) is 6.61. The molecule has 17 heavy (non-hydrogen) atoms. The van der Waals surface area contributed by atoms with Gasteiger partial charge in [0, 0.05) is 18.3 Å². The van der Waals surface area contributed by atoms with Gasteiger partial charge in [0.05, 0.1) is 5.69 Å². The molecular formula is C14H21NO2. The molecular weight excluding hydrogens is 214 g/mol. The smallest absolute Gasteiger partial charge is 0.223 e. The molecule has 1 fully saturated rings. The van der Waals surface area contributed by atoms with E-state index in [2.05, 4.69) is 4.57 Å². The maximum Gasteiger partial charge on any atom is 0.223 e. The van der Waals surface area contributed by atoms with E-state index in [1.807, 2.05) is 13.1 Å². The number of pyridine rings is 1. The second-order valence-electron chi connectivity index (χ2n) is 5.02. The average Bonchev–Trinajstić information content (AvgIpc) is 2.27. The Morgan fingerprint density at radius 3 is 2.41 bits per heavy atom. The van der Waals surface area contributed by atoms with Crippen molar-refractivity contribution in [3.05, 3.63) is 28.2 Å². The van der Waals surface area contributed by atoms with Crippen LogP contribution in [0.4, 0.5) is 0 Å². The standard InChI is InChI=1S/C14H21NO2/c1-11-14(17)13(16)9-10-15(11)12-7-5-3-2-4-6-8-12/h9-10,12,17H,2-8H2,1H3. The Bertz CT molecular complexity index is 428. The maximum absolute atomic E-state index is 11.3. The number of aromatic hydroxyl groups is 1. The maximum atomic E-state index is 11.3. The van der Waals surface area contributed by atoms with Crippen LogP contribution in [-0.4, -0.2) is 9.67 Å². The van der Waals surface area contributed by atoms with Crippen LogP contribution in [-0.2, 0) is 0 Å². The van der Waals surface area contributed by atoms with Crippen LogP contribution in [0.1, 0.15) is 56.7 Å². The first kappa shape index (κ1) is 12.2. The number of nitrogens with zero attached hydrogens (tertiary/aromatic N) is 1. The Kier molecular flexibility index (Phi) is 3.87. The van der Waals surface area contributed by atoms with Gasteiger partial charge in [-0.25, -0.2) is 0 Å². The van der Waals surface area contributed by atoms with Crippen molar-refractivity contribution >= 4 is 0 Å². The Balaban J connectivity index is 2.25. The molecule has 3 heteroatoms. The van der Waals surface area contributed by atoms with E-state index in [1.165, 1.54) is 38.2 Å². The summed E-state index contributed by atoms with van der Waals surface area (Å²) in [5, 5.41) is 9.71. The predicted molar refractivity (Wildman–Crippen MR) is 68.5 cm³/mol. The van der Waals surface area contributed by atoms with Crippen LogP contribution in [0.3, 0.4) is 0 Å². The normalized spacial score (nSPS) is 18.6. The van der Waals surface area contributed by atoms with Gasteiger partial charge in [0.2, 0.25) is 5.43 Å². The van der Waals surface area contributed by atoms with Gasteiger partial charge in [-0.05, 0) is 19.8 Å². The molecule has 0 bridgehead atoms. The van der Waals surface area contributed by atoms with E-state index in [-0.39, 0.29) is 11.2 Å². The van der Waals surface area contributed by atoms with Crippen molar-refractivity contribution in [1.82, 2.24) is 4.57 Å². The van der Waals surface area contributed by atoms with Crippen molar-refractivity contribution in [2.24, 2.45) is 0 Å². The van der Waals surface area contributed by atoms with Gasteiger partial charge in [0.15, 0.2) is 5.75 Å². The molecule has 2 rings (SSSR count). The molecule has 0 aromatic carbocycles. The molecule has 3 nitrogen and oxygen atoms in total. The Hall–Kier alpha value is -1.25. The lowest BCUT2D eigenvalue weighted by atomic mass is 9.96. The van der Waals surface area contributed by atoms with Crippen LogP contribution >= 0.6 is 0 Å². The van der Waals surface area contributed by atoms with Crippen molar-refractivity contribution in [3.63, 3.8) is 0 Å². The zero-order valence-corrected chi connectivity index (χ0v) is 10.5. The van der Waals surface area contributed by atoms with Crippen LogP contribution in [0.5, 0.6) is 5.75 Å². The van der Waals surface area contributed by atoms with Crippen LogP contribution in [0.15, 0.2) is 17.1 Å². The van der Waals surface area contributed by atoms with Gasteiger partial charge in [-0.2, -0.15) is 0 Å². The van der Waals surface area contributed by atoms with E-state index in [1.54, 1.807) is 0 Å². The van der Waals surface area contributed by atoms with Crippen LogP contribution in [0.2, 0.25) is 0 Å². The summed E-state index contributed by atoms with van der Waals surface area (Å²) in [6, 6.07) is 1.92. The highest BCUT2D eigenvalue weighted by atomic mass is 16.3. The fourth-order valence-electron chi connectivity index (χ4n) is 2.75. The Labute approximate surface area is 102 Å². The van der Waals surface area contributed by atoms with Gasteiger partial charge < -0.3 is 9.67 Å². The lowest BCUT2D eigenvalue weighted by Crippen LogP contribution is -2.16. The lowest BCUT2D eigenvalue weighted by Gasteiger charge is -2.25. The minimum atomic E-state index is -0.274. The van der Waals surface area contributed by atoms with Gasteiger partial charge >= 0.3 is 0 Å². The summed E-state index contributed by atoms with van der Waals surface area (Å²) in [6.45, 7) is 1.83. The third-order valence-corrected chi connectivity index (χ3v) is 3.82. The van der Waals surface area contributed by atoms with Gasteiger partial charge in [-0.15, -0.1) is 0 Å². The van der Waals surface area contributed by atoms with E-state index in [9.17, 15) is 9.90 Å². The lowest BCUT2D eigenvalue weighted by molar-refractivity contribution is 0.357. The number of hydrogen-bond donors (Lipinski definition) is 1. The van der Waals surface area contributed by atoms with Gasteiger partial charge in [0.25, 0.3) is 0 Å². The second kappa shape index (κ2) is 5.39. The second-order valence-corrected chi connectivity index (χ2v) is 5.02. The summed E-state index contributed by atoms with van der Waals surface area (Å²) in [5.41, 5.74) is 0.438. The molecule has 1 aromatic heterocycles. The fraction of sp³-hybridized carbons (Fsp3) is 0.643. The van der Waals surface area contributed by atoms with E-state index < -0.39 is 0 Å². The van der Waals surface area contributed by atoms with E-state index in [0.717, 1.165) is 12.8 Å². The van der Waals surface area contributed by atoms with Crippen molar-refractivity contribution in [1.29, 1.82) is 0 Å². The molecule has 1 heterocycles. The molecule has 0 atom stereocenters. The summed E-state index contributed by atoms with van der Waals surface area (Å²) in [5.74, 6) is -0.0884. The minimum Gasteiger partial charge on any atom is -0.503 e. The zero-order valence-electron chi connectivity index (χ0n) is 10.5. The molecule has 94 valence electrons. The van der Waals surface area contributed by atoms with Gasteiger partial charge in [-0.3, -0.25) is 4.79 Å². The van der Waals surface area contributed by atoms with Gasteiger partial charge in [-0.1, -0.05) is 32.1 Å². The average molecular weight is 235 g/mol. The van der Waals surface area contributed by atoms with Crippen molar-refractivity contribution in [2.45, 2.75) is 57.9 Å². The first-order valence-corrected chi connectivity index (χ1v) is 6.61. The highest BCUT2D eigenvalue weighted by molar-refractivity contribution is 5.25. The highest BCUT2D eigenvalue weighted by Gasteiger charge is 2.15. The molecule has 0 aliphatic heterocycles. The summed E-state index contributed by atoms with van der Waals surface area (Å²) >= 11 is 0. The van der Waals surface area contributed by atoms with E-state index in [0.29, 0.717) is 11.7 Å². The summed E-state index contributed by atoms with van der Waals surface area (Å²) in [4.78, 5) is 11.3. The van der Waals surface area contributed by atoms with Crippen LogP contribution in [0.25, 0.3) is 0 Å². The Morgan fingerprint density at radius 1 is 1.18 bits per heavy atom. The third kappa shape index (κ3) is 2.71. The van der Waals surface area contributed by atoms with E-state index in [4.69, 9.17) is 0 Å². The quantitative estimate of drug-likeness (QED) is 0.812. The number of rotatable bonds is 1. The molecule has 0 spiro atoms. The Morgan fingerprint density at radius 2 is 1.76 bits per heavy atom. The molecule has 1 aliphatic rings. The largest absolute Gasteiger partial charge is 0.503 e. The van der Waals surface area contributed by atoms with Gasteiger partial charge in [0.1, 0.15) is 0 Å². The van der Waals surface area contributed by atoms with Crippen molar-refractivity contribution < 1.29 is 5.11 Å². The number of hydrogen-bond acceptors (Lipinski definition) is 2. The summed E-state index contributed by atoms with van der Waals surface area (Å²) in [6.07, 6.45) is 10.6. The van der Waals surface area contributed by atoms with Crippen LogP contribution in [0, 0.1) is 6.92 Å². The van der Waals surface area contributed by atoms with Crippen molar-refractivity contribution in [2.75, 3.05) is 0 Å². The SMILES string of the molecule is Cc1c(O)c(=O)ccn1C1CCCCCCC1. The zero-order chi connectivity index (χ0) is 12.3. The number of aromatic nitrogens is 1. The molecule has 1 N–H and O–H groups in total. The fourth-order valence-corrected chi connectivity index (χ4v) is 2.75. The topological polar surface area (TPSA) is 42.2 Å². The molecule has 0 saturated heterocycles. The molecule has 0 unspecified atom stereocenters. The molecule has 1 saturated carbocycles. The third-order valence-electron chi connectivity index (χ3n) is 3.82.